The van der Waals surface area contributed by atoms with Crippen molar-refractivity contribution in [3.8, 4) is 0 Å². The Morgan fingerprint density at radius 3 is 2.86 bits per heavy atom. The molecule has 2 N–H and O–H groups in total. The summed E-state index contributed by atoms with van der Waals surface area (Å²) in [6.45, 7) is 5.24. The van der Waals surface area contributed by atoms with Crippen LogP contribution in [0.1, 0.15) is 38.8 Å². The third-order valence-corrected chi connectivity index (χ3v) is 2.53. The number of nitrogens with zero attached hydrogens (tertiary/aromatic N) is 2. The van der Waals surface area contributed by atoms with Gasteiger partial charge in [-0.3, -0.25) is 4.68 Å². The van der Waals surface area contributed by atoms with Gasteiger partial charge >= 0.3 is 0 Å². The summed E-state index contributed by atoms with van der Waals surface area (Å²) in [6.07, 6.45) is 6.28. The molecular formula is C11H21N3. The minimum absolute atomic E-state index is 0.347. The Bertz CT molecular complexity index is 255. The first kappa shape index (κ1) is 11.2. The van der Waals surface area contributed by atoms with Gasteiger partial charge in [0.15, 0.2) is 0 Å². The fourth-order valence-electron chi connectivity index (χ4n) is 1.71. The molecule has 3 nitrogen and oxygen atoms in total. The molecule has 1 unspecified atom stereocenters. The van der Waals surface area contributed by atoms with E-state index in [9.17, 15) is 0 Å². The molecule has 1 heterocycles. The van der Waals surface area contributed by atoms with Crippen LogP contribution in [0.2, 0.25) is 0 Å². The van der Waals surface area contributed by atoms with Crippen molar-refractivity contribution in [2.24, 2.45) is 5.73 Å². The molecule has 0 radical (unpaired) electrons. The summed E-state index contributed by atoms with van der Waals surface area (Å²) in [7, 11) is 0. The molecular weight excluding hydrogens is 174 g/mol. The summed E-state index contributed by atoms with van der Waals surface area (Å²) in [4.78, 5) is 0. The van der Waals surface area contributed by atoms with E-state index in [0.29, 0.717) is 6.04 Å². The standard InChI is InChI=1S/C11H21N3/c1-3-5-10(12)6-7-11-8-9-13-14(11)4-2/h8-10H,3-7,12H2,1-2H3. The minimum Gasteiger partial charge on any atom is -0.328 e. The van der Waals surface area contributed by atoms with Gasteiger partial charge in [-0.05, 0) is 32.3 Å². The summed E-state index contributed by atoms with van der Waals surface area (Å²) in [5, 5.41) is 4.23. The topological polar surface area (TPSA) is 43.8 Å². The number of hydrogen-bond donors (Lipinski definition) is 1. The van der Waals surface area contributed by atoms with Crippen molar-refractivity contribution in [1.29, 1.82) is 0 Å². The van der Waals surface area contributed by atoms with Crippen molar-refractivity contribution in [2.45, 2.75) is 52.1 Å². The van der Waals surface area contributed by atoms with Gasteiger partial charge in [-0.2, -0.15) is 5.10 Å². The molecule has 1 aromatic heterocycles. The highest BCUT2D eigenvalue weighted by Gasteiger charge is 2.04. The molecule has 0 saturated heterocycles. The highest BCUT2D eigenvalue weighted by molar-refractivity contribution is 5.00. The van der Waals surface area contributed by atoms with Gasteiger partial charge in [-0.25, -0.2) is 0 Å². The molecule has 0 aliphatic carbocycles. The van der Waals surface area contributed by atoms with Gasteiger partial charge in [0.25, 0.3) is 0 Å². The molecule has 0 aromatic carbocycles. The smallest absolute Gasteiger partial charge is 0.0492 e. The van der Waals surface area contributed by atoms with Gasteiger partial charge in [-0.1, -0.05) is 13.3 Å². The highest BCUT2D eigenvalue weighted by atomic mass is 15.3. The Labute approximate surface area is 86.3 Å². The van der Waals surface area contributed by atoms with Crippen molar-refractivity contribution >= 4 is 0 Å². The van der Waals surface area contributed by atoms with Gasteiger partial charge in [0, 0.05) is 24.5 Å². The van der Waals surface area contributed by atoms with E-state index in [4.69, 9.17) is 5.73 Å². The molecule has 80 valence electrons. The highest BCUT2D eigenvalue weighted by Crippen LogP contribution is 2.06. The van der Waals surface area contributed by atoms with Crippen molar-refractivity contribution in [2.75, 3.05) is 0 Å². The van der Waals surface area contributed by atoms with Gasteiger partial charge in [0.2, 0.25) is 0 Å². The van der Waals surface area contributed by atoms with Crippen LogP contribution in [0.15, 0.2) is 12.3 Å². The molecule has 0 aliphatic rings. The average Bonchev–Trinajstić information content (AvgIpc) is 2.62. The lowest BCUT2D eigenvalue weighted by atomic mass is 10.1. The molecule has 0 fully saturated rings. The summed E-state index contributed by atoms with van der Waals surface area (Å²) in [5.41, 5.74) is 7.27. The van der Waals surface area contributed by atoms with E-state index in [0.717, 1.165) is 25.8 Å². The van der Waals surface area contributed by atoms with Gasteiger partial charge in [0.05, 0.1) is 0 Å². The Balaban J connectivity index is 2.37. The number of aromatic nitrogens is 2. The average molecular weight is 195 g/mol. The first-order valence-electron chi connectivity index (χ1n) is 5.54. The maximum atomic E-state index is 5.96. The molecule has 1 atom stereocenters. The molecule has 14 heavy (non-hydrogen) atoms. The largest absolute Gasteiger partial charge is 0.328 e. The zero-order valence-electron chi connectivity index (χ0n) is 9.24. The fraction of sp³-hybridized carbons (Fsp3) is 0.727. The summed E-state index contributed by atoms with van der Waals surface area (Å²) in [6, 6.07) is 2.43. The monoisotopic (exact) mass is 195 g/mol. The summed E-state index contributed by atoms with van der Waals surface area (Å²) < 4.78 is 2.04. The van der Waals surface area contributed by atoms with E-state index in [2.05, 4.69) is 25.0 Å². The van der Waals surface area contributed by atoms with Crippen molar-refractivity contribution < 1.29 is 0 Å². The first-order chi connectivity index (χ1) is 6.77. The third kappa shape index (κ3) is 3.14. The number of aryl methyl sites for hydroxylation is 2. The normalized spacial score (nSPS) is 13.1. The fourth-order valence-corrected chi connectivity index (χ4v) is 1.71. The Morgan fingerprint density at radius 2 is 2.21 bits per heavy atom. The van der Waals surface area contributed by atoms with Crippen LogP contribution >= 0.6 is 0 Å². The van der Waals surface area contributed by atoms with Crippen LogP contribution in [0.5, 0.6) is 0 Å². The van der Waals surface area contributed by atoms with Crippen LogP contribution in [-0.4, -0.2) is 15.8 Å². The molecule has 0 saturated carbocycles. The maximum absolute atomic E-state index is 5.96. The number of hydrogen-bond acceptors (Lipinski definition) is 2. The minimum atomic E-state index is 0.347. The van der Waals surface area contributed by atoms with Crippen LogP contribution in [0.25, 0.3) is 0 Å². The lowest BCUT2D eigenvalue weighted by Crippen LogP contribution is -2.20. The van der Waals surface area contributed by atoms with E-state index >= 15 is 0 Å². The molecule has 3 heteroatoms. The predicted molar refractivity (Wildman–Crippen MR) is 59.1 cm³/mol. The van der Waals surface area contributed by atoms with E-state index < -0.39 is 0 Å². The molecule has 0 aliphatic heterocycles. The van der Waals surface area contributed by atoms with Crippen LogP contribution in [0, 0.1) is 0 Å². The Kier molecular flexibility index (Phi) is 4.66. The van der Waals surface area contributed by atoms with Gasteiger partial charge in [0.1, 0.15) is 0 Å². The van der Waals surface area contributed by atoms with E-state index in [-0.39, 0.29) is 0 Å². The molecule has 0 spiro atoms. The van der Waals surface area contributed by atoms with E-state index in [1.165, 1.54) is 12.1 Å². The second-order valence-corrected chi connectivity index (χ2v) is 3.73. The van der Waals surface area contributed by atoms with Crippen molar-refractivity contribution in [1.82, 2.24) is 9.78 Å². The van der Waals surface area contributed by atoms with Crippen LogP contribution in [0.4, 0.5) is 0 Å². The van der Waals surface area contributed by atoms with Crippen LogP contribution in [-0.2, 0) is 13.0 Å². The first-order valence-corrected chi connectivity index (χ1v) is 5.54. The molecule has 1 aromatic rings. The second-order valence-electron chi connectivity index (χ2n) is 3.73. The quantitative estimate of drug-likeness (QED) is 0.754. The SMILES string of the molecule is CCCC(N)CCc1ccnn1CC. The van der Waals surface area contributed by atoms with Gasteiger partial charge < -0.3 is 5.73 Å². The Morgan fingerprint density at radius 1 is 1.43 bits per heavy atom. The molecule has 0 bridgehead atoms. The summed E-state index contributed by atoms with van der Waals surface area (Å²) in [5.74, 6) is 0. The molecule has 0 amide bonds. The zero-order chi connectivity index (χ0) is 10.4. The lowest BCUT2D eigenvalue weighted by molar-refractivity contribution is 0.536. The third-order valence-electron chi connectivity index (χ3n) is 2.53. The lowest BCUT2D eigenvalue weighted by Gasteiger charge is -2.10. The Hall–Kier alpha value is -0.830. The molecule has 1 rings (SSSR count). The van der Waals surface area contributed by atoms with E-state index in [1.54, 1.807) is 0 Å². The van der Waals surface area contributed by atoms with Crippen LogP contribution < -0.4 is 5.73 Å². The number of nitrogens with two attached hydrogens (primary N) is 1. The van der Waals surface area contributed by atoms with E-state index in [1.807, 2.05) is 10.9 Å². The maximum Gasteiger partial charge on any atom is 0.0492 e. The van der Waals surface area contributed by atoms with Crippen molar-refractivity contribution in [3.63, 3.8) is 0 Å². The second kappa shape index (κ2) is 5.81. The number of rotatable bonds is 6. The van der Waals surface area contributed by atoms with Crippen molar-refractivity contribution in [3.05, 3.63) is 18.0 Å². The van der Waals surface area contributed by atoms with Crippen LogP contribution in [0.3, 0.4) is 0 Å². The van der Waals surface area contributed by atoms with Gasteiger partial charge in [-0.15, -0.1) is 0 Å². The zero-order valence-corrected chi connectivity index (χ0v) is 9.24. The predicted octanol–water partition coefficient (Wildman–Crippen LogP) is 1.96. The summed E-state index contributed by atoms with van der Waals surface area (Å²) >= 11 is 0.